The van der Waals surface area contributed by atoms with Gasteiger partial charge in [0.1, 0.15) is 5.75 Å². The van der Waals surface area contributed by atoms with Crippen molar-refractivity contribution in [3.63, 3.8) is 0 Å². The van der Waals surface area contributed by atoms with Crippen molar-refractivity contribution in [2.75, 3.05) is 19.5 Å². The topological polar surface area (TPSA) is 60.5 Å². The third-order valence-corrected chi connectivity index (χ3v) is 4.47. The molecule has 1 aromatic heterocycles. The average molecular weight is 372 g/mol. The van der Waals surface area contributed by atoms with Crippen LogP contribution in [0.5, 0.6) is 11.5 Å². The summed E-state index contributed by atoms with van der Waals surface area (Å²) in [6, 6.07) is 12.0. The summed E-state index contributed by atoms with van der Waals surface area (Å²) in [6.45, 7) is 0. The predicted molar refractivity (Wildman–Crippen MR) is 99.4 cm³/mol. The second-order valence-electron chi connectivity index (χ2n) is 5.46. The molecule has 1 amide bonds. The van der Waals surface area contributed by atoms with Gasteiger partial charge in [0.15, 0.2) is 16.7 Å². The first-order chi connectivity index (χ1) is 12.6. The first-order valence-electron chi connectivity index (χ1n) is 7.81. The molecule has 7 heteroatoms. The maximum absolute atomic E-state index is 13.7. The molecule has 0 saturated carbocycles. The molecule has 0 aliphatic carbocycles. The van der Waals surface area contributed by atoms with Crippen LogP contribution in [-0.2, 0) is 11.2 Å². The third kappa shape index (κ3) is 4.18. The van der Waals surface area contributed by atoms with Gasteiger partial charge in [0.05, 0.1) is 26.3 Å². The molecule has 1 N–H and O–H groups in total. The van der Waals surface area contributed by atoms with Gasteiger partial charge in [0.25, 0.3) is 0 Å². The lowest BCUT2D eigenvalue weighted by Crippen LogP contribution is -2.14. The molecule has 0 fully saturated rings. The van der Waals surface area contributed by atoms with Gasteiger partial charge in [-0.3, -0.25) is 4.79 Å². The number of halogens is 1. The zero-order valence-electron chi connectivity index (χ0n) is 14.3. The van der Waals surface area contributed by atoms with Crippen LogP contribution >= 0.6 is 11.3 Å². The quantitative estimate of drug-likeness (QED) is 0.706. The van der Waals surface area contributed by atoms with E-state index in [0.29, 0.717) is 10.7 Å². The van der Waals surface area contributed by atoms with E-state index in [0.717, 1.165) is 17.0 Å². The number of aromatic nitrogens is 1. The standard InChI is InChI=1S/C19H17FN2O3S/c1-24-14-6-4-13(5-7-14)16-11-26-19(21-16)22-18(23)10-12-3-8-17(25-2)15(20)9-12/h3-9,11H,10H2,1-2H3,(H,21,22,23). The van der Waals surface area contributed by atoms with Crippen molar-refractivity contribution in [2.24, 2.45) is 0 Å². The maximum atomic E-state index is 13.7. The molecule has 0 unspecified atom stereocenters. The van der Waals surface area contributed by atoms with Crippen molar-refractivity contribution in [1.29, 1.82) is 0 Å². The number of amides is 1. The fourth-order valence-corrected chi connectivity index (χ4v) is 3.13. The van der Waals surface area contributed by atoms with Crippen molar-refractivity contribution >= 4 is 22.4 Å². The molecule has 3 aromatic rings. The van der Waals surface area contributed by atoms with Gasteiger partial charge >= 0.3 is 0 Å². The summed E-state index contributed by atoms with van der Waals surface area (Å²) in [6.07, 6.45) is 0.0539. The van der Waals surface area contributed by atoms with Crippen LogP contribution in [0.1, 0.15) is 5.56 Å². The van der Waals surface area contributed by atoms with Gasteiger partial charge in [-0.1, -0.05) is 6.07 Å². The normalized spacial score (nSPS) is 10.4. The molecule has 0 spiro atoms. The van der Waals surface area contributed by atoms with E-state index in [4.69, 9.17) is 9.47 Å². The molecular formula is C19H17FN2O3S. The van der Waals surface area contributed by atoms with E-state index in [1.54, 1.807) is 13.2 Å². The molecule has 5 nitrogen and oxygen atoms in total. The molecule has 0 atom stereocenters. The zero-order valence-corrected chi connectivity index (χ0v) is 15.1. The minimum Gasteiger partial charge on any atom is -0.497 e. The highest BCUT2D eigenvalue weighted by Gasteiger charge is 2.11. The Kier molecular flexibility index (Phi) is 5.48. The predicted octanol–water partition coefficient (Wildman–Crippen LogP) is 4.15. The minimum absolute atomic E-state index is 0.0539. The van der Waals surface area contributed by atoms with Gasteiger partial charge in [-0.15, -0.1) is 11.3 Å². The zero-order chi connectivity index (χ0) is 18.5. The van der Waals surface area contributed by atoms with Crippen LogP contribution < -0.4 is 14.8 Å². The number of carbonyl (C=O) groups is 1. The molecule has 26 heavy (non-hydrogen) atoms. The highest BCUT2D eigenvalue weighted by Crippen LogP contribution is 2.26. The molecule has 3 rings (SSSR count). The number of thiazole rings is 1. The molecule has 0 radical (unpaired) electrons. The van der Waals surface area contributed by atoms with Crippen LogP contribution in [0.2, 0.25) is 0 Å². The number of methoxy groups -OCH3 is 2. The van der Waals surface area contributed by atoms with Crippen molar-refractivity contribution in [3.8, 4) is 22.8 Å². The van der Waals surface area contributed by atoms with Gasteiger partial charge < -0.3 is 14.8 Å². The third-order valence-electron chi connectivity index (χ3n) is 3.72. The number of nitrogens with one attached hydrogen (secondary N) is 1. The summed E-state index contributed by atoms with van der Waals surface area (Å²) in [5.74, 6) is 0.168. The van der Waals surface area contributed by atoms with E-state index in [1.807, 2.05) is 29.6 Å². The number of nitrogens with zero attached hydrogens (tertiary/aromatic N) is 1. The van der Waals surface area contributed by atoms with E-state index in [1.165, 1.54) is 30.6 Å². The number of anilines is 1. The Bertz CT molecular complexity index is 909. The number of ether oxygens (including phenoxy) is 2. The smallest absolute Gasteiger partial charge is 0.230 e. The lowest BCUT2D eigenvalue weighted by Gasteiger charge is -2.05. The first-order valence-corrected chi connectivity index (χ1v) is 8.69. The Labute approximate surface area is 154 Å². The Balaban J connectivity index is 1.64. The lowest BCUT2D eigenvalue weighted by molar-refractivity contribution is -0.115. The fraction of sp³-hybridized carbons (Fsp3) is 0.158. The van der Waals surface area contributed by atoms with Crippen molar-refractivity contribution < 1.29 is 18.7 Å². The van der Waals surface area contributed by atoms with E-state index in [2.05, 4.69) is 10.3 Å². The number of carbonyl (C=O) groups excluding carboxylic acids is 1. The minimum atomic E-state index is -0.492. The lowest BCUT2D eigenvalue weighted by atomic mass is 10.1. The molecule has 0 saturated heterocycles. The highest BCUT2D eigenvalue weighted by atomic mass is 32.1. The number of hydrogen-bond donors (Lipinski definition) is 1. The Hall–Kier alpha value is -2.93. The summed E-state index contributed by atoms with van der Waals surface area (Å²) in [5.41, 5.74) is 2.26. The second kappa shape index (κ2) is 7.97. The number of hydrogen-bond acceptors (Lipinski definition) is 5. The first kappa shape index (κ1) is 17.9. The van der Waals surface area contributed by atoms with Crippen LogP contribution in [0.4, 0.5) is 9.52 Å². The van der Waals surface area contributed by atoms with E-state index in [9.17, 15) is 9.18 Å². The van der Waals surface area contributed by atoms with Gasteiger partial charge in [0, 0.05) is 10.9 Å². The Morgan fingerprint density at radius 2 is 1.92 bits per heavy atom. The maximum Gasteiger partial charge on any atom is 0.230 e. The van der Waals surface area contributed by atoms with Crippen LogP contribution in [0.15, 0.2) is 47.8 Å². The van der Waals surface area contributed by atoms with Crippen molar-refractivity contribution in [3.05, 3.63) is 59.2 Å². The van der Waals surface area contributed by atoms with Crippen LogP contribution in [0.3, 0.4) is 0 Å². The van der Waals surface area contributed by atoms with Crippen LogP contribution in [0.25, 0.3) is 11.3 Å². The molecule has 1 heterocycles. The molecular weight excluding hydrogens is 355 g/mol. The summed E-state index contributed by atoms with van der Waals surface area (Å²) in [5, 5.41) is 5.10. The molecule has 134 valence electrons. The van der Waals surface area contributed by atoms with E-state index in [-0.39, 0.29) is 18.1 Å². The largest absolute Gasteiger partial charge is 0.497 e. The van der Waals surface area contributed by atoms with Crippen LogP contribution in [0, 0.1) is 5.82 Å². The van der Waals surface area contributed by atoms with Crippen molar-refractivity contribution in [2.45, 2.75) is 6.42 Å². The summed E-state index contributed by atoms with van der Waals surface area (Å²) in [4.78, 5) is 16.6. The summed E-state index contributed by atoms with van der Waals surface area (Å²) < 4.78 is 23.7. The molecule has 0 bridgehead atoms. The Morgan fingerprint density at radius 3 is 2.58 bits per heavy atom. The molecule has 0 aliphatic rings. The number of benzene rings is 2. The second-order valence-corrected chi connectivity index (χ2v) is 6.32. The molecule has 0 aliphatic heterocycles. The van der Waals surface area contributed by atoms with Gasteiger partial charge in [-0.2, -0.15) is 0 Å². The fourth-order valence-electron chi connectivity index (χ4n) is 2.39. The molecule has 2 aromatic carbocycles. The monoisotopic (exact) mass is 372 g/mol. The van der Waals surface area contributed by atoms with Crippen LogP contribution in [-0.4, -0.2) is 25.1 Å². The van der Waals surface area contributed by atoms with E-state index < -0.39 is 5.82 Å². The average Bonchev–Trinajstić information content (AvgIpc) is 3.10. The van der Waals surface area contributed by atoms with Gasteiger partial charge in [0.2, 0.25) is 5.91 Å². The number of rotatable bonds is 6. The summed E-state index contributed by atoms with van der Waals surface area (Å²) >= 11 is 1.33. The summed E-state index contributed by atoms with van der Waals surface area (Å²) in [7, 11) is 3.01. The van der Waals surface area contributed by atoms with Gasteiger partial charge in [-0.05, 0) is 42.0 Å². The van der Waals surface area contributed by atoms with Gasteiger partial charge in [-0.25, -0.2) is 9.37 Å². The van der Waals surface area contributed by atoms with E-state index >= 15 is 0 Å². The van der Waals surface area contributed by atoms with Crippen molar-refractivity contribution in [1.82, 2.24) is 4.98 Å². The highest BCUT2D eigenvalue weighted by molar-refractivity contribution is 7.14. The SMILES string of the molecule is COc1ccc(-c2csc(NC(=O)Cc3ccc(OC)c(F)c3)n2)cc1. The Morgan fingerprint density at radius 1 is 1.15 bits per heavy atom.